The highest BCUT2D eigenvalue weighted by Crippen LogP contribution is 2.36. The molecule has 2 unspecified atom stereocenters. The first-order valence-corrected chi connectivity index (χ1v) is 7.08. The van der Waals surface area contributed by atoms with Gasteiger partial charge in [0.2, 0.25) is 0 Å². The third-order valence-corrected chi connectivity index (χ3v) is 3.52. The molecule has 1 aromatic heterocycles. The van der Waals surface area contributed by atoms with E-state index in [1.54, 1.807) is 7.11 Å². The van der Waals surface area contributed by atoms with E-state index in [0.717, 1.165) is 23.3 Å². The first-order valence-electron chi connectivity index (χ1n) is 7.08. The Labute approximate surface area is 116 Å². The summed E-state index contributed by atoms with van der Waals surface area (Å²) in [5.41, 5.74) is 0.895. The van der Waals surface area contributed by atoms with Gasteiger partial charge < -0.3 is 10.1 Å². The lowest BCUT2D eigenvalue weighted by Gasteiger charge is -2.19. The molecule has 1 heterocycles. The predicted molar refractivity (Wildman–Crippen MR) is 77.3 cm³/mol. The quantitative estimate of drug-likeness (QED) is 0.886. The predicted octanol–water partition coefficient (Wildman–Crippen LogP) is 3.13. The second kappa shape index (κ2) is 5.45. The maximum Gasteiger partial charge on any atom is 0.136 e. The van der Waals surface area contributed by atoms with Crippen LogP contribution in [0.5, 0.6) is 0 Å². The van der Waals surface area contributed by atoms with Crippen LogP contribution in [0.25, 0.3) is 0 Å². The fourth-order valence-corrected chi connectivity index (χ4v) is 2.19. The molecule has 4 nitrogen and oxygen atoms in total. The lowest BCUT2D eigenvalue weighted by Crippen LogP contribution is -2.19. The molecule has 1 saturated carbocycles. The van der Waals surface area contributed by atoms with Crippen molar-refractivity contribution in [3.05, 3.63) is 17.6 Å². The molecule has 1 fully saturated rings. The highest BCUT2D eigenvalue weighted by atomic mass is 16.5. The summed E-state index contributed by atoms with van der Waals surface area (Å²) in [6.07, 6.45) is 2.49. The van der Waals surface area contributed by atoms with Crippen molar-refractivity contribution in [3.8, 4) is 0 Å². The first kappa shape index (κ1) is 14.3. The van der Waals surface area contributed by atoms with E-state index in [-0.39, 0.29) is 5.41 Å². The van der Waals surface area contributed by atoms with Crippen LogP contribution in [0, 0.1) is 5.92 Å². The van der Waals surface area contributed by atoms with Crippen LogP contribution in [0.15, 0.2) is 6.07 Å². The molecule has 106 valence electrons. The second-order valence-corrected chi connectivity index (χ2v) is 6.41. The molecular formula is C15H25N3O. The van der Waals surface area contributed by atoms with Gasteiger partial charge in [0.1, 0.15) is 11.6 Å². The fourth-order valence-electron chi connectivity index (χ4n) is 2.19. The zero-order chi connectivity index (χ0) is 14.0. The van der Waals surface area contributed by atoms with Gasteiger partial charge in [0.15, 0.2) is 0 Å². The van der Waals surface area contributed by atoms with Gasteiger partial charge in [-0.1, -0.05) is 34.1 Å². The van der Waals surface area contributed by atoms with Gasteiger partial charge in [-0.05, 0) is 12.3 Å². The number of nitrogens with one attached hydrogen (secondary N) is 1. The van der Waals surface area contributed by atoms with Crippen molar-refractivity contribution in [1.82, 2.24) is 9.97 Å². The summed E-state index contributed by atoms with van der Waals surface area (Å²) in [4.78, 5) is 9.24. The monoisotopic (exact) mass is 263 g/mol. The van der Waals surface area contributed by atoms with Gasteiger partial charge in [-0.25, -0.2) is 9.97 Å². The molecule has 2 atom stereocenters. The van der Waals surface area contributed by atoms with E-state index < -0.39 is 0 Å². The molecule has 2 rings (SSSR count). The largest absolute Gasteiger partial charge is 0.378 e. The molecule has 0 spiro atoms. The summed E-state index contributed by atoms with van der Waals surface area (Å²) in [5, 5.41) is 3.52. The Morgan fingerprint density at radius 1 is 1.37 bits per heavy atom. The minimum atomic E-state index is -0.0477. The number of methoxy groups -OCH3 is 1. The summed E-state index contributed by atoms with van der Waals surface area (Å²) in [7, 11) is 1.69. The molecule has 1 N–H and O–H groups in total. The maximum absolute atomic E-state index is 5.20. The van der Waals surface area contributed by atoms with Crippen LogP contribution in [0.2, 0.25) is 0 Å². The lowest BCUT2D eigenvalue weighted by atomic mass is 9.95. The number of ether oxygens (including phenoxy) is 1. The Bertz CT molecular complexity index is 440. The molecule has 0 radical (unpaired) electrons. The average molecular weight is 263 g/mol. The number of hydrogen-bond acceptors (Lipinski definition) is 4. The zero-order valence-electron chi connectivity index (χ0n) is 12.7. The van der Waals surface area contributed by atoms with Gasteiger partial charge in [0.05, 0.1) is 12.3 Å². The maximum atomic E-state index is 5.20. The molecule has 0 amide bonds. The van der Waals surface area contributed by atoms with E-state index >= 15 is 0 Å². The van der Waals surface area contributed by atoms with Gasteiger partial charge in [-0.3, -0.25) is 0 Å². The molecule has 0 aromatic carbocycles. The molecule has 1 aliphatic rings. The Balaban J connectivity index is 2.19. The zero-order valence-corrected chi connectivity index (χ0v) is 12.7. The molecular weight excluding hydrogens is 238 g/mol. The van der Waals surface area contributed by atoms with E-state index in [0.29, 0.717) is 12.6 Å². The Kier molecular flexibility index (Phi) is 4.09. The Hall–Kier alpha value is -1.16. The Morgan fingerprint density at radius 3 is 2.63 bits per heavy atom. The Morgan fingerprint density at radius 2 is 2.11 bits per heavy atom. The fraction of sp³-hybridized carbons (Fsp3) is 0.733. The standard InChI is InChI=1S/C15H25N3O/c1-6-10-7-12(10)17-13-8-11(9-19-5)16-14(18-13)15(2,3)4/h8,10,12H,6-7,9H2,1-5H3,(H,16,17,18). The van der Waals surface area contributed by atoms with Crippen molar-refractivity contribution < 1.29 is 4.74 Å². The molecule has 19 heavy (non-hydrogen) atoms. The summed E-state index contributed by atoms with van der Waals surface area (Å²) >= 11 is 0. The molecule has 4 heteroatoms. The average Bonchev–Trinajstić information content (AvgIpc) is 3.06. The van der Waals surface area contributed by atoms with E-state index in [1.807, 2.05) is 6.07 Å². The molecule has 0 bridgehead atoms. The van der Waals surface area contributed by atoms with Gasteiger partial charge in [0.25, 0.3) is 0 Å². The summed E-state index contributed by atoms with van der Waals surface area (Å²) in [6, 6.07) is 2.59. The minimum Gasteiger partial charge on any atom is -0.378 e. The van der Waals surface area contributed by atoms with E-state index in [2.05, 4.69) is 43.0 Å². The van der Waals surface area contributed by atoms with Crippen LogP contribution >= 0.6 is 0 Å². The number of anilines is 1. The third kappa shape index (κ3) is 3.66. The normalized spacial score (nSPS) is 22.4. The van der Waals surface area contributed by atoms with E-state index in [4.69, 9.17) is 4.74 Å². The molecule has 0 aliphatic heterocycles. The smallest absolute Gasteiger partial charge is 0.136 e. The topological polar surface area (TPSA) is 47.0 Å². The number of hydrogen-bond donors (Lipinski definition) is 1. The van der Waals surface area contributed by atoms with Crippen molar-refractivity contribution in [2.24, 2.45) is 5.92 Å². The highest BCUT2D eigenvalue weighted by molar-refractivity contribution is 5.40. The van der Waals surface area contributed by atoms with Crippen LogP contribution < -0.4 is 5.32 Å². The van der Waals surface area contributed by atoms with Crippen molar-refractivity contribution in [2.75, 3.05) is 12.4 Å². The molecule has 1 aliphatic carbocycles. The third-order valence-electron chi connectivity index (χ3n) is 3.52. The number of nitrogens with zero attached hydrogens (tertiary/aromatic N) is 2. The number of rotatable bonds is 5. The van der Waals surface area contributed by atoms with Crippen molar-refractivity contribution in [1.29, 1.82) is 0 Å². The van der Waals surface area contributed by atoms with Crippen molar-refractivity contribution in [2.45, 2.75) is 58.6 Å². The van der Waals surface area contributed by atoms with Crippen molar-refractivity contribution in [3.63, 3.8) is 0 Å². The van der Waals surface area contributed by atoms with Crippen LogP contribution in [0.3, 0.4) is 0 Å². The highest BCUT2D eigenvalue weighted by Gasteiger charge is 2.35. The van der Waals surface area contributed by atoms with E-state index in [9.17, 15) is 0 Å². The second-order valence-electron chi connectivity index (χ2n) is 6.41. The van der Waals surface area contributed by atoms with Gasteiger partial charge >= 0.3 is 0 Å². The summed E-state index contributed by atoms with van der Waals surface area (Å²) in [6.45, 7) is 9.17. The molecule has 1 aromatic rings. The lowest BCUT2D eigenvalue weighted by molar-refractivity contribution is 0.181. The van der Waals surface area contributed by atoms with Crippen LogP contribution in [0.1, 0.15) is 52.1 Å². The SMILES string of the molecule is CCC1CC1Nc1cc(COC)nc(C(C)(C)C)n1. The van der Waals surface area contributed by atoms with Crippen molar-refractivity contribution >= 4 is 5.82 Å². The van der Waals surface area contributed by atoms with Gasteiger partial charge in [-0.2, -0.15) is 0 Å². The van der Waals surface area contributed by atoms with E-state index in [1.165, 1.54) is 12.8 Å². The number of aromatic nitrogens is 2. The van der Waals surface area contributed by atoms with Gasteiger partial charge in [-0.15, -0.1) is 0 Å². The van der Waals surface area contributed by atoms with Crippen LogP contribution in [-0.4, -0.2) is 23.1 Å². The van der Waals surface area contributed by atoms with Gasteiger partial charge in [0, 0.05) is 24.6 Å². The summed E-state index contributed by atoms with van der Waals surface area (Å²) in [5.74, 6) is 2.62. The van der Waals surface area contributed by atoms with Crippen LogP contribution in [0.4, 0.5) is 5.82 Å². The molecule has 0 saturated heterocycles. The first-order chi connectivity index (χ1) is 8.94. The minimum absolute atomic E-state index is 0.0477. The van der Waals surface area contributed by atoms with Crippen LogP contribution in [-0.2, 0) is 16.8 Å². The summed E-state index contributed by atoms with van der Waals surface area (Å²) < 4.78 is 5.20.